The van der Waals surface area contributed by atoms with Crippen molar-refractivity contribution in [1.82, 2.24) is 20.5 Å². The highest BCUT2D eigenvalue weighted by Gasteiger charge is 2.18. The van der Waals surface area contributed by atoms with Crippen molar-refractivity contribution in [3.63, 3.8) is 0 Å². The van der Waals surface area contributed by atoms with E-state index < -0.39 is 0 Å². The lowest BCUT2D eigenvalue weighted by atomic mass is 9.89. The van der Waals surface area contributed by atoms with Crippen molar-refractivity contribution < 1.29 is 0 Å². The Morgan fingerprint density at radius 1 is 0.931 bits per heavy atom. The number of aromatic nitrogens is 3. The van der Waals surface area contributed by atoms with Crippen molar-refractivity contribution in [2.24, 2.45) is 0 Å². The molecule has 3 N–H and O–H groups in total. The second kappa shape index (κ2) is 6.87. The van der Waals surface area contributed by atoms with Crippen LogP contribution in [0.25, 0.3) is 44.3 Å². The van der Waals surface area contributed by atoms with Gasteiger partial charge in [-0.1, -0.05) is 18.2 Å². The zero-order chi connectivity index (χ0) is 19.2. The van der Waals surface area contributed by atoms with Crippen LogP contribution in [0.3, 0.4) is 0 Å². The van der Waals surface area contributed by atoms with E-state index in [0.717, 1.165) is 35.5 Å². The third-order valence-corrected chi connectivity index (χ3v) is 6.83. The number of rotatable bonds is 3. The normalized spacial score (nSPS) is 15.4. The molecule has 144 valence electrons. The third kappa shape index (κ3) is 2.89. The van der Waals surface area contributed by atoms with E-state index in [4.69, 9.17) is 0 Å². The van der Waals surface area contributed by atoms with Gasteiger partial charge in [-0.15, -0.1) is 0 Å². The SMILES string of the molecule is c1cc(-c2ccsc2)c2cc(-c3n[nH]c4ccc(C5CCNCC5)cc34)[nH]c2c1. The van der Waals surface area contributed by atoms with E-state index in [1.54, 1.807) is 11.3 Å². The van der Waals surface area contributed by atoms with Gasteiger partial charge in [-0.25, -0.2) is 0 Å². The third-order valence-electron chi connectivity index (χ3n) is 6.15. The van der Waals surface area contributed by atoms with E-state index >= 15 is 0 Å². The van der Waals surface area contributed by atoms with Gasteiger partial charge in [0.25, 0.3) is 0 Å². The lowest BCUT2D eigenvalue weighted by molar-refractivity contribution is 0.460. The highest BCUT2D eigenvalue weighted by atomic mass is 32.1. The molecule has 5 heteroatoms. The maximum absolute atomic E-state index is 4.67. The van der Waals surface area contributed by atoms with Gasteiger partial charge in [0.1, 0.15) is 5.69 Å². The van der Waals surface area contributed by atoms with E-state index in [-0.39, 0.29) is 0 Å². The number of benzene rings is 2. The Kier molecular flexibility index (Phi) is 4.03. The summed E-state index contributed by atoms with van der Waals surface area (Å²) in [6.45, 7) is 2.21. The molecule has 0 amide bonds. The summed E-state index contributed by atoms with van der Waals surface area (Å²) >= 11 is 1.73. The first-order chi connectivity index (χ1) is 14.4. The minimum absolute atomic E-state index is 0.635. The molecule has 0 unspecified atom stereocenters. The molecule has 0 bridgehead atoms. The molecule has 0 radical (unpaired) electrons. The van der Waals surface area contributed by atoms with Gasteiger partial charge < -0.3 is 10.3 Å². The fraction of sp³-hybridized carbons (Fsp3) is 0.208. The summed E-state index contributed by atoms with van der Waals surface area (Å²) in [7, 11) is 0. The number of piperidine rings is 1. The van der Waals surface area contributed by atoms with Gasteiger partial charge in [-0.3, -0.25) is 5.10 Å². The number of hydrogen-bond acceptors (Lipinski definition) is 3. The molecule has 6 rings (SSSR count). The van der Waals surface area contributed by atoms with E-state index in [1.807, 2.05) is 0 Å². The minimum atomic E-state index is 0.635. The summed E-state index contributed by atoms with van der Waals surface area (Å²) in [5.41, 5.74) is 8.27. The van der Waals surface area contributed by atoms with Gasteiger partial charge in [0, 0.05) is 16.3 Å². The monoisotopic (exact) mass is 398 g/mol. The molecule has 4 nitrogen and oxygen atoms in total. The smallest absolute Gasteiger partial charge is 0.116 e. The molecule has 3 aromatic heterocycles. The van der Waals surface area contributed by atoms with Crippen LogP contribution in [0, 0.1) is 0 Å². The van der Waals surface area contributed by atoms with Gasteiger partial charge in [-0.05, 0) is 89.6 Å². The standard InChI is InChI=1S/C24H22N4S/c1-2-18(17-8-11-29-14-17)19-13-23(26-21(19)3-1)24-20-12-16(4-5-22(20)27-28-24)15-6-9-25-10-7-15/h1-5,8,11-15,25-26H,6-7,9-10H2,(H,27,28). The van der Waals surface area contributed by atoms with E-state index in [1.165, 1.54) is 40.3 Å². The second-order valence-electron chi connectivity index (χ2n) is 7.86. The summed E-state index contributed by atoms with van der Waals surface area (Å²) < 4.78 is 0. The highest BCUT2D eigenvalue weighted by molar-refractivity contribution is 7.08. The molecule has 0 saturated carbocycles. The summed E-state index contributed by atoms with van der Waals surface area (Å²) in [5, 5.41) is 18.1. The van der Waals surface area contributed by atoms with Gasteiger partial charge >= 0.3 is 0 Å². The number of H-pyrrole nitrogens is 2. The molecule has 29 heavy (non-hydrogen) atoms. The van der Waals surface area contributed by atoms with Crippen molar-refractivity contribution in [2.75, 3.05) is 13.1 Å². The molecular weight excluding hydrogens is 376 g/mol. The van der Waals surface area contributed by atoms with Gasteiger partial charge in [0.15, 0.2) is 0 Å². The van der Waals surface area contributed by atoms with Crippen molar-refractivity contribution in [2.45, 2.75) is 18.8 Å². The molecule has 1 aliphatic rings. The summed E-state index contributed by atoms with van der Waals surface area (Å²) in [5.74, 6) is 0.635. The van der Waals surface area contributed by atoms with Crippen LogP contribution >= 0.6 is 11.3 Å². The Morgan fingerprint density at radius 2 is 1.86 bits per heavy atom. The lowest BCUT2D eigenvalue weighted by Gasteiger charge is -2.23. The highest BCUT2D eigenvalue weighted by Crippen LogP contribution is 2.36. The molecule has 5 aromatic rings. The van der Waals surface area contributed by atoms with Gasteiger partial charge in [0.05, 0.1) is 11.2 Å². The Bertz CT molecular complexity index is 1290. The lowest BCUT2D eigenvalue weighted by Crippen LogP contribution is -2.26. The number of aromatic amines is 2. The zero-order valence-corrected chi connectivity index (χ0v) is 16.9. The first kappa shape index (κ1) is 17.0. The predicted octanol–water partition coefficient (Wildman–Crippen LogP) is 5.91. The molecule has 1 aliphatic heterocycles. The average molecular weight is 399 g/mol. The molecule has 1 fully saturated rings. The Morgan fingerprint density at radius 3 is 2.72 bits per heavy atom. The van der Waals surface area contributed by atoms with Crippen LogP contribution in [0.15, 0.2) is 59.3 Å². The van der Waals surface area contributed by atoms with E-state index in [0.29, 0.717) is 5.92 Å². The summed E-state index contributed by atoms with van der Waals surface area (Å²) in [6, 6.07) is 17.7. The molecule has 4 heterocycles. The summed E-state index contributed by atoms with van der Waals surface area (Å²) in [6.07, 6.45) is 2.41. The molecule has 1 saturated heterocycles. The van der Waals surface area contributed by atoms with Crippen LogP contribution in [0.5, 0.6) is 0 Å². The van der Waals surface area contributed by atoms with Crippen molar-refractivity contribution in [1.29, 1.82) is 0 Å². The number of thiophene rings is 1. The molecule has 0 aliphatic carbocycles. The van der Waals surface area contributed by atoms with Crippen LogP contribution in [-0.2, 0) is 0 Å². The quantitative estimate of drug-likeness (QED) is 0.354. The van der Waals surface area contributed by atoms with Gasteiger partial charge in [-0.2, -0.15) is 16.4 Å². The van der Waals surface area contributed by atoms with Crippen molar-refractivity contribution in [3.8, 4) is 22.5 Å². The maximum Gasteiger partial charge on any atom is 0.116 e. The van der Waals surface area contributed by atoms with E-state index in [2.05, 4.69) is 79.8 Å². The van der Waals surface area contributed by atoms with Crippen LogP contribution in [0.2, 0.25) is 0 Å². The molecular formula is C24H22N4S. The van der Waals surface area contributed by atoms with Crippen LogP contribution in [-0.4, -0.2) is 28.3 Å². The molecule has 0 atom stereocenters. The zero-order valence-electron chi connectivity index (χ0n) is 16.0. The van der Waals surface area contributed by atoms with Gasteiger partial charge in [0.2, 0.25) is 0 Å². The predicted molar refractivity (Wildman–Crippen MR) is 122 cm³/mol. The topological polar surface area (TPSA) is 56.5 Å². The Labute approximate surface area is 173 Å². The Hall–Kier alpha value is -2.89. The Balaban J connectivity index is 1.48. The number of fused-ring (bicyclic) bond motifs is 2. The maximum atomic E-state index is 4.67. The minimum Gasteiger partial charge on any atom is -0.353 e. The van der Waals surface area contributed by atoms with Crippen molar-refractivity contribution in [3.05, 3.63) is 64.9 Å². The average Bonchev–Trinajstić information content (AvgIpc) is 3.52. The molecule has 0 spiro atoms. The van der Waals surface area contributed by atoms with E-state index in [9.17, 15) is 0 Å². The van der Waals surface area contributed by atoms with Crippen LogP contribution < -0.4 is 5.32 Å². The summed E-state index contributed by atoms with van der Waals surface area (Å²) in [4.78, 5) is 3.60. The van der Waals surface area contributed by atoms with Crippen LogP contribution in [0.1, 0.15) is 24.3 Å². The first-order valence-electron chi connectivity index (χ1n) is 10.2. The van der Waals surface area contributed by atoms with Crippen LogP contribution in [0.4, 0.5) is 0 Å². The number of nitrogens with one attached hydrogen (secondary N) is 3. The fourth-order valence-corrected chi connectivity index (χ4v) is 5.25. The molecule has 2 aromatic carbocycles. The first-order valence-corrected chi connectivity index (χ1v) is 11.1. The largest absolute Gasteiger partial charge is 0.353 e. The number of nitrogens with zero attached hydrogens (tertiary/aromatic N) is 1. The fourth-order valence-electron chi connectivity index (χ4n) is 4.60. The van der Waals surface area contributed by atoms with Crippen molar-refractivity contribution >= 4 is 33.1 Å². The number of hydrogen-bond donors (Lipinski definition) is 3. The second-order valence-corrected chi connectivity index (χ2v) is 8.64.